The molecule has 8 heteroatoms. The van der Waals surface area contributed by atoms with Crippen LogP contribution in [-0.4, -0.2) is 31.4 Å². The van der Waals surface area contributed by atoms with Gasteiger partial charge in [-0.25, -0.2) is 14.2 Å². The third kappa shape index (κ3) is 5.28. The molecule has 6 nitrogen and oxygen atoms in total. The fraction of sp³-hybridized carbons (Fsp3) is 0.0800. The maximum atomic E-state index is 13.5. The lowest BCUT2D eigenvalue weighted by molar-refractivity contribution is -0.129. The molecule has 33 heavy (non-hydrogen) atoms. The van der Waals surface area contributed by atoms with E-state index in [4.69, 9.17) is 14.2 Å². The summed E-state index contributed by atoms with van der Waals surface area (Å²) in [5, 5.41) is 0. The van der Waals surface area contributed by atoms with Gasteiger partial charge in [0.05, 0.1) is 10.7 Å². The van der Waals surface area contributed by atoms with Crippen LogP contribution in [0, 0.1) is 9.39 Å². The monoisotopic (exact) mass is 557 g/mol. The first-order valence-electron chi connectivity index (χ1n) is 9.81. The van der Waals surface area contributed by atoms with Crippen molar-refractivity contribution < 1.29 is 28.2 Å². The van der Waals surface area contributed by atoms with Crippen molar-refractivity contribution in [2.75, 3.05) is 13.7 Å². The number of nitrogens with zero attached hydrogens (tertiary/aromatic N) is 1. The van der Waals surface area contributed by atoms with Gasteiger partial charge in [0.25, 0.3) is 0 Å². The van der Waals surface area contributed by atoms with E-state index in [1.54, 1.807) is 42.5 Å². The third-order valence-corrected chi connectivity index (χ3v) is 5.49. The van der Waals surface area contributed by atoms with Crippen LogP contribution in [0.4, 0.5) is 4.39 Å². The summed E-state index contributed by atoms with van der Waals surface area (Å²) >= 11 is 2.07. The molecule has 4 rings (SSSR count). The molecular formula is C25H17FINO5. The Morgan fingerprint density at radius 3 is 2.64 bits per heavy atom. The van der Waals surface area contributed by atoms with Crippen LogP contribution in [0.3, 0.4) is 0 Å². The van der Waals surface area contributed by atoms with E-state index >= 15 is 0 Å². The molecule has 0 saturated heterocycles. The number of Topliss-reactive ketones (excluding diaryl/α,β-unsaturated/α-hetero) is 1. The minimum Gasteiger partial charge on any atom is -0.493 e. The van der Waals surface area contributed by atoms with Crippen LogP contribution >= 0.6 is 22.6 Å². The maximum Gasteiger partial charge on any atom is 0.363 e. The SMILES string of the molecule is COc1cc(/C=C2\N=C(c3cccc(F)c3)OC2=O)cc(I)c1OCC(=O)c1ccccc1. The summed E-state index contributed by atoms with van der Waals surface area (Å²) in [6.45, 7) is -0.148. The Morgan fingerprint density at radius 1 is 1.12 bits per heavy atom. The molecule has 3 aromatic rings. The molecule has 1 heterocycles. The summed E-state index contributed by atoms with van der Waals surface area (Å²) in [6, 6.07) is 17.9. The molecule has 0 N–H and O–H groups in total. The molecule has 0 saturated carbocycles. The number of benzene rings is 3. The zero-order chi connectivity index (χ0) is 23.4. The Morgan fingerprint density at radius 2 is 1.91 bits per heavy atom. The zero-order valence-corrected chi connectivity index (χ0v) is 19.5. The molecule has 0 bridgehead atoms. The second kappa shape index (κ2) is 9.95. The summed E-state index contributed by atoms with van der Waals surface area (Å²) in [4.78, 5) is 28.8. The molecule has 0 aromatic heterocycles. The largest absolute Gasteiger partial charge is 0.493 e. The van der Waals surface area contributed by atoms with Crippen LogP contribution in [0.2, 0.25) is 0 Å². The van der Waals surface area contributed by atoms with Gasteiger partial charge in [0.1, 0.15) is 5.82 Å². The molecule has 0 amide bonds. The van der Waals surface area contributed by atoms with Crippen molar-refractivity contribution in [2.45, 2.75) is 0 Å². The Hall–Kier alpha value is -3.53. The summed E-state index contributed by atoms with van der Waals surface area (Å²) in [7, 11) is 1.48. The fourth-order valence-electron chi connectivity index (χ4n) is 3.12. The van der Waals surface area contributed by atoms with Crippen molar-refractivity contribution >= 4 is 46.3 Å². The first-order valence-corrected chi connectivity index (χ1v) is 10.9. The molecule has 0 atom stereocenters. The van der Waals surface area contributed by atoms with Gasteiger partial charge < -0.3 is 14.2 Å². The van der Waals surface area contributed by atoms with E-state index in [0.717, 1.165) is 0 Å². The first-order chi connectivity index (χ1) is 15.9. The van der Waals surface area contributed by atoms with E-state index in [0.29, 0.717) is 31.8 Å². The molecule has 0 fully saturated rings. The predicted molar refractivity (Wildman–Crippen MR) is 129 cm³/mol. The highest BCUT2D eigenvalue weighted by molar-refractivity contribution is 14.1. The average molecular weight is 557 g/mol. The maximum absolute atomic E-state index is 13.5. The van der Waals surface area contributed by atoms with Gasteiger partial charge in [0.15, 0.2) is 29.6 Å². The van der Waals surface area contributed by atoms with Gasteiger partial charge >= 0.3 is 5.97 Å². The highest BCUT2D eigenvalue weighted by Gasteiger charge is 2.25. The number of halogens is 2. The summed E-state index contributed by atoms with van der Waals surface area (Å²) in [6.07, 6.45) is 1.54. The number of ether oxygens (including phenoxy) is 3. The van der Waals surface area contributed by atoms with Gasteiger partial charge in [-0.15, -0.1) is 0 Å². The van der Waals surface area contributed by atoms with Crippen LogP contribution in [0.1, 0.15) is 21.5 Å². The molecule has 0 radical (unpaired) electrons. The van der Waals surface area contributed by atoms with Crippen LogP contribution in [0.5, 0.6) is 11.5 Å². The Balaban J connectivity index is 1.57. The average Bonchev–Trinajstić information content (AvgIpc) is 3.18. The molecule has 0 aliphatic carbocycles. The predicted octanol–water partition coefficient (Wildman–Crippen LogP) is 5.05. The number of cyclic esters (lactones) is 1. The Bertz CT molecular complexity index is 1290. The van der Waals surface area contributed by atoms with Crippen LogP contribution in [0.25, 0.3) is 6.08 Å². The fourth-order valence-corrected chi connectivity index (χ4v) is 3.90. The smallest absolute Gasteiger partial charge is 0.363 e. The zero-order valence-electron chi connectivity index (χ0n) is 17.4. The van der Waals surface area contributed by atoms with Gasteiger partial charge in [-0.3, -0.25) is 4.79 Å². The van der Waals surface area contributed by atoms with Crippen LogP contribution in [-0.2, 0) is 9.53 Å². The number of carbonyl (C=O) groups excluding carboxylic acids is 2. The van der Waals surface area contributed by atoms with Gasteiger partial charge in [-0.05, 0) is 64.6 Å². The van der Waals surface area contributed by atoms with E-state index in [9.17, 15) is 14.0 Å². The highest BCUT2D eigenvalue weighted by atomic mass is 127. The van der Waals surface area contributed by atoms with Crippen molar-refractivity contribution in [3.8, 4) is 11.5 Å². The number of aliphatic imine (C=N–C) groups is 1. The third-order valence-electron chi connectivity index (χ3n) is 4.69. The van der Waals surface area contributed by atoms with Crippen LogP contribution < -0.4 is 9.47 Å². The van der Waals surface area contributed by atoms with Gasteiger partial charge in [-0.2, -0.15) is 0 Å². The number of hydrogen-bond acceptors (Lipinski definition) is 6. The van der Waals surface area contributed by atoms with Crippen molar-refractivity contribution in [1.29, 1.82) is 0 Å². The van der Waals surface area contributed by atoms with Gasteiger partial charge in [0, 0.05) is 11.1 Å². The number of carbonyl (C=O) groups is 2. The standard InChI is InChI=1S/C25H17FINO5/c1-31-22-12-15(10-19(27)23(22)32-14-21(29)16-6-3-2-4-7-16)11-20-25(30)33-24(28-20)17-8-5-9-18(26)13-17/h2-13H,14H2,1H3/b20-11-. The second-order valence-electron chi connectivity index (χ2n) is 6.96. The first kappa shape index (κ1) is 22.7. The molecule has 0 spiro atoms. The number of rotatable bonds is 7. The van der Waals surface area contributed by atoms with E-state index < -0.39 is 11.8 Å². The van der Waals surface area contributed by atoms with Gasteiger partial charge in [0.2, 0.25) is 5.90 Å². The molecule has 1 aliphatic heterocycles. The Kier molecular flexibility index (Phi) is 6.83. The molecule has 0 unspecified atom stereocenters. The molecule has 166 valence electrons. The lowest BCUT2D eigenvalue weighted by Gasteiger charge is -2.13. The summed E-state index contributed by atoms with van der Waals surface area (Å²) in [5.74, 6) is -0.404. The molecule has 1 aliphatic rings. The molecular weight excluding hydrogens is 540 g/mol. The van der Waals surface area contributed by atoms with Crippen molar-refractivity contribution in [3.05, 3.63) is 98.5 Å². The van der Waals surface area contributed by atoms with E-state index in [-0.39, 0.29) is 24.0 Å². The highest BCUT2D eigenvalue weighted by Crippen LogP contribution is 2.35. The van der Waals surface area contributed by atoms with Crippen molar-refractivity contribution in [1.82, 2.24) is 0 Å². The van der Waals surface area contributed by atoms with E-state index in [1.807, 2.05) is 6.07 Å². The number of ketones is 1. The number of esters is 1. The van der Waals surface area contributed by atoms with Crippen molar-refractivity contribution in [3.63, 3.8) is 0 Å². The van der Waals surface area contributed by atoms with Crippen molar-refractivity contribution in [2.24, 2.45) is 4.99 Å². The molecule has 3 aromatic carbocycles. The van der Waals surface area contributed by atoms with E-state index in [1.165, 1.54) is 31.4 Å². The van der Waals surface area contributed by atoms with Gasteiger partial charge in [-0.1, -0.05) is 36.4 Å². The van der Waals surface area contributed by atoms with E-state index in [2.05, 4.69) is 27.6 Å². The topological polar surface area (TPSA) is 74.2 Å². The lowest BCUT2D eigenvalue weighted by Crippen LogP contribution is -2.12. The van der Waals surface area contributed by atoms with Crippen LogP contribution in [0.15, 0.2) is 77.4 Å². The lowest BCUT2D eigenvalue weighted by atomic mass is 10.1. The number of methoxy groups -OCH3 is 1. The minimum absolute atomic E-state index is 0.0341. The minimum atomic E-state index is -0.642. The summed E-state index contributed by atoms with van der Waals surface area (Å²) < 4.78 is 30.5. The number of hydrogen-bond donors (Lipinski definition) is 0. The Labute approximate surface area is 202 Å². The second-order valence-corrected chi connectivity index (χ2v) is 8.12. The quantitative estimate of drug-likeness (QED) is 0.176. The normalized spacial score (nSPS) is 14.1. The summed E-state index contributed by atoms with van der Waals surface area (Å²) in [5.41, 5.74) is 1.61.